The Balaban J connectivity index is 1.51. The largest absolute Gasteiger partial charge is 0.436 e. The summed E-state index contributed by atoms with van der Waals surface area (Å²) in [5, 5.41) is 10.3. The van der Waals surface area contributed by atoms with Crippen molar-refractivity contribution in [2.45, 2.75) is 46.5 Å². The number of amides is 1. The van der Waals surface area contributed by atoms with Crippen molar-refractivity contribution in [3.05, 3.63) is 69.3 Å². The van der Waals surface area contributed by atoms with Gasteiger partial charge in [0.2, 0.25) is 0 Å². The van der Waals surface area contributed by atoms with Gasteiger partial charge in [0.15, 0.2) is 5.69 Å². The molecule has 0 aliphatic rings. The molecule has 3 rings (SSSR count). The fourth-order valence-electron chi connectivity index (χ4n) is 3.23. The van der Waals surface area contributed by atoms with E-state index >= 15 is 0 Å². The number of nitrogens with one attached hydrogen (secondary N) is 1. The number of hydrogen-bond donors (Lipinski definition) is 1. The first-order valence-electron chi connectivity index (χ1n) is 9.74. The highest BCUT2D eigenvalue weighted by atomic mass is 35.5. The Morgan fingerprint density at radius 1 is 1.10 bits per heavy atom. The predicted molar refractivity (Wildman–Crippen MR) is 111 cm³/mol. The molecule has 0 radical (unpaired) electrons. The van der Waals surface area contributed by atoms with E-state index < -0.39 is 16.9 Å². The van der Waals surface area contributed by atoms with E-state index in [1.54, 1.807) is 12.1 Å². The maximum atomic E-state index is 12.9. The standard InChI is InChI=1S/C21H23ClF3N5O/c1-13-11-14(2)30(27-13)12-16-5-7-17(8-6-16)20(31)26-9-4-10-29-15(3)18(22)19(28-29)21(23,24)25/h5-8,11H,4,9-10,12H2,1-3H3,(H,26,31). The average Bonchev–Trinajstić information content (AvgIpc) is 3.17. The van der Waals surface area contributed by atoms with Crippen LogP contribution in [0.25, 0.3) is 0 Å². The van der Waals surface area contributed by atoms with Crippen LogP contribution in [-0.2, 0) is 19.3 Å². The molecule has 0 atom stereocenters. The summed E-state index contributed by atoms with van der Waals surface area (Å²) < 4.78 is 41.7. The zero-order valence-corrected chi connectivity index (χ0v) is 18.2. The molecule has 2 aromatic heterocycles. The number of carbonyl (C=O) groups is 1. The molecule has 1 N–H and O–H groups in total. The van der Waals surface area contributed by atoms with E-state index in [1.807, 2.05) is 36.7 Å². The molecular weight excluding hydrogens is 431 g/mol. The Morgan fingerprint density at radius 3 is 2.32 bits per heavy atom. The lowest BCUT2D eigenvalue weighted by Gasteiger charge is -2.08. The highest BCUT2D eigenvalue weighted by Gasteiger charge is 2.38. The van der Waals surface area contributed by atoms with Gasteiger partial charge in [0, 0.05) is 24.3 Å². The SMILES string of the molecule is Cc1cc(C)n(Cc2ccc(C(=O)NCCCn3nc(C(F)(F)F)c(Cl)c3C)cc2)n1. The fraction of sp³-hybridized carbons (Fsp3) is 0.381. The lowest BCUT2D eigenvalue weighted by molar-refractivity contribution is -0.141. The second-order valence-electron chi connectivity index (χ2n) is 7.36. The van der Waals surface area contributed by atoms with Crippen LogP contribution in [0.5, 0.6) is 0 Å². The topological polar surface area (TPSA) is 64.7 Å². The number of aryl methyl sites for hydroxylation is 3. The van der Waals surface area contributed by atoms with Crippen molar-refractivity contribution in [3.63, 3.8) is 0 Å². The Kier molecular flexibility index (Phi) is 6.74. The molecule has 0 saturated carbocycles. The minimum atomic E-state index is -4.59. The molecule has 31 heavy (non-hydrogen) atoms. The maximum absolute atomic E-state index is 12.9. The minimum Gasteiger partial charge on any atom is -0.352 e. The van der Waals surface area contributed by atoms with Crippen LogP contribution in [0, 0.1) is 20.8 Å². The Hall–Kier alpha value is -2.81. The molecule has 1 amide bonds. The van der Waals surface area contributed by atoms with Crippen LogP contribution in [0.4, 0.5) is 13.2 Å². The van der Waals surface area contributed by atoms with Crippen molar-refractivity contribution in [2.24, 2.45) is 0 Å². The smallest absolute Gasteiger partial charge is 0.352 e. The van der Waals surface area contributed by atoms with Crippen LogP contribution < -0.4 is 5.32 Å². The number of alkyl halides is 3. The van der Waals surface area contributed by atoms with Crippen LogP contribution in [0.1, 0.15) is 45.1 Å². The average molecular weight is 454 g/mol. The van der Waals surface area contributed by atoms with Gasteiger partial charge in [-0.15, -0.1) is 0 Å². The van der Waals surface area contributed by atoms with Crippen LogP contribution in [0.2, 0.25) is 5.02 Å². The first-order valence-corrected chi connectivity index (χ1v) is 10.1. The van der Waals surface area contributed by atoms with E-state index in [-0.39, 0.29) is 18.1 Å². The molecular formula is C21H23ClF3N5O. The summed E-state index contributed by atoms with van der Waals surface area (Å²) in [6.07, 6.45) is -4.18. The van der Waals surface area contributed by atoms with E-state index in [2.05, 4.69) is 15.5 Å². The number of halogens is 4. The van der Waals surface area contributed by atoms with Gasteiger partial charge in [-0.3, -0.25) is 14.2 Å². The van der Waals surface area contributed by atoms with Gasteiger partial charge in [-0.05, 0) is 51.0 Å². The molecule has 0 unspecified atom stereocenters. The zero-order valence-electron chi connectivity index (χ0n) is 17.4. The van der Waals surface area contributed by atoms with Crippen LogP contribution in [0.3, 0.4) is 0 Å². The molecule has 0 fully saturated rings. The molecule has 1 aromatic carbocycles. The molecule has 0 bridgehead atoms. The van der Waals surface area contributed by atoms with E-state index in [9.17, 15) is 18.0 Å². The Morgan fingerprint density at radius 2 is 1.77 bits per heavy atom. The predicted octanol–water partition coefficient (Wildman–Crippen LogP) is 4.55. The quantitative estimate of drug-likeness (QED) is 0.534. The normalized spacial score (nSPS) is 11.7. The molecule has 0 saturated heterocycles. The monoisotopic (exact) mass is 453 g/mol. The molecule has 0 spiro atoms. The number of rotatable bonds is 7. The van der Waals surface area contributed by atoms with Crippen molar-refractivity contribution < 1.29 is 18.0 Å². The van der Waals surface area contributed by atoms with Gasteiger partial charge in [-0.25, -0.2) is 0 Å². The first-order chi connectivity index (χ1) is 14.6. The number of hydrogen-bond acceptors (Lipinski definition) is 3. The van der Waals surface area contributed by atoms with Crippen molar-refractivity contribution in [1.29, 1.82) is 0 Å². The molecule has 0 aliphatic heterocycles. The third kappa shape index (κ3) is 5.46. The van der Waals surface area contributed by atoms with E-state index in [1.165, 1.54) is 11.6 Å². The Labute approximate surface area is 183 Å². The van der Waals surface area contributed by atoms with Gasteiger partial charge in [0.05, 0.1) is 23.0 Å². The number of aromatic nitrogens is 4. The van der Waals surface area contributed by atoms with Crippen molar-refractivity contribution in [1.82, 2.24) is 24.9 Å². The summed E-state index contributed by atoms with van der Waals surface area (Å²) in [5.41, 5.74) is 2.71. The highest BCUT2D eigenvalue weighted by molar-refractivity contribution is 6.31. The van der Waals surface area contributed by atoms with E-state index in [4.69, 9.17) is 11.6 Å². The van der Waals surface area contributed by atoms with Gasteiger partial charge >= 0.3 is 6.18 Å². The fourth-order valence-corrected chi connectivity index (χ4v) is 3.47. The van der Waals surface area contributed by atoms with Gasteiger partial charge < -0.3 is 5.32 Å². The summed E-state index contributed by atoms with van der Waals surface area (Å²) >= 11 is 5.74. The van der Waals surface area contributed by atoms with Gasteiger partial charge in [-0.2, -0.15) is 23.4 Å². The second-order valence-corrected chi connectivity index (χ2v) is 7.74. The van der Waals surface area contributed by atoms with Crippen molar-refractivity contribution >= 4 is 17.5 Å². The summed E-state index contributed by atoms with van der Waals surface area (Å²) in [5.74, 6) is -0.246. The molecule has 3 aromatic rings. The summed E-state index contributed by atoms with van der Waals surface area (Å²) in [7, 11) is 0. The van der Waals surface area contributed by atoms with Crippen LogP contribution >= 0.6 is 11.6 Å². The molecule has 166 valence electrons. The van der Waals surface area contributed by atoms with E-state index in [0.717, 1.165) is 17.0 Å². The number of benzene rings is 1. The Bertz CT molecular complexity index is 1070. The summed E-state index contributed by atoms with van der Waals surface area (Å²) in [4.78, 5) is 12.3. The number of nitrogens with zero attached hydrogens (tertiary/aromatic N) is 4. The molecule has 6 nitrogen and oxygen atoms in total. The molecule has 0 aliphatic carbocycles. The van der Waals surface area contributed by atoms with E-state index in [0.29, 0.717) is 25.1 Å². The summed E-state index contributed by atoms with van der Waals surface area (Å²) in [6, 6.07) is 9.23. The lowest BCUT2D eigenvalue weighted by atomic mass is 10.1. The van der Waals surface area contributed by atoms with Gasteiger partial charge in [0.25, 0.3) is 5.91 Å². The number of carbonyl (C=O) groups excluding carboxylic acids is 1. The van der Waals surface area contributed by atoms with Crippen molar-refractivity contribution in [3.8, 4) is 0 Å². The van der Waals surface area contributed by atoms with Gasteiger partial charge in [-0.1, -0.05) is 23.7 Å². The molecule has 2 heterocycles. The van der Waals surface area contributed by atoms with Crippen LogP contribution in [0.15, 0.2) is 30.3 Å². The first kappa shape index (κ1) is 22.9. The second kappa shape index (κ2) is 9.13. The zero-order chi connectivity index (χ0) is 22.8. The summed E-state index contributed by atoms with van der Waals surface area (Å²) in [6.45, 7) is 6.54. The van der Waals surface area contributed by atoms with Crippen molar-refractivity contribution in [2.75, 3.05) is 6.54 Å². The minimum absolute atomic E-state index is 0.212. The molecule has 10 heteroatoms. The maximum Gasteiger partial charge on any atom is 0.436 e. The third-order valence-corrected chi connectivity index (χ3v) is 5.34. The third-order valence-electron chi connectivity index (χ3n) is 4.89. The van der Waals surface area contributed by atoms with Crippen LogP contribution in [-0.4, -0.2) is 32.0 Å². The highest BCUT2D eigenvalue weighted by Crippen LogP contribution is 2.35. The lowest BCUT2D eigenvalue weighted by Crippen LogP contribution is -2.25. The van der Waals surface area contributed by atoms with Gasteiger partial charge in [0.1, 0.15) is 0 Å².